The van der Waals surface area contributed by atoms with Gasteiger partial charge in [0.05, 0.1) is 18.7 Å². The molecule has 4 nitrogen and oxygen atoms in total. The van der Waals surface area contributed by atoms with Crippen molar-refractivity contribution in [3.8, 4) is 5.75 Å². The highest BCUT2D eigenvalue weighted by Gasteiger charge is 2.39. The molecule has 25 heavy (non-hydrogen) atoms. The Morgan fingerprint density at radius 1 is 1.24 bits per heavy atom. The second-order valence-electron chi connectivity index (χ2n) is 6.47. The summed E-state index contributed by atoms with van der Waals surface area (Å²) >= 11 is 0. The molecule has 2 N–H and O–H groups in total. The minimum atomic E-state index is -1.13. The molecule has 4 rings (SSSR count). The third-order valence-electron chi connectivity index (χ3n) is 5.15. The minimum Gasteiger partial charge on any atom is -0.497 e. The second kappa shape index (κ2) is 5.92. The van der Waals surface area contributed by atoms with E-state index in [0.717, 1.165) is 29.5 Å². The second-order valence-corrected chi connectivity index (χ2v) is 6.47. The molecule has 5 heteroatoms. The fourth-order valence-corrected chi connectivity index (χ4v) is 3.92. The Balaban J connectivity index is 1.76. The van der Waals surface area contributed by atoms with Gasteiger partial charge in [0.2, 0.25) is 0 Å². The van der Waals surface area contributed by atoms with Gasteiger partial charge in [0.15, 0.2) is 0 Å². The van der Waals surface area contributed by atoms with Gasteiger partial charge in [-0.05, 0) is 48.2 Å². The van der Waals surface area contributed by atoms with Gasteiger partial charge in [-0.3, -0.25) is 0 Å². The van der Waals surface area contributed by atoms with Crippen molar-refractivity contribution in [3.63, 3.8) is 0 Å². The number of methoxy groups -OCH3 is 1. The number of benzene rings is 2. The monoisotopic (exact) mass is 339 g/mol. The lowest BCUT2D eigenvalue weighted by molar-refractivity contribution is 0.0696. The average molecular weight is 339 g/mol. The molecule has 3 atom stereocenters. The standard InChI is InChI=1S/C20H18FNO3/c1-25-12-6-8-18-16(10-12)13-3-2-4-14(13)19(22-18)15-7-5-11(20(23)24)9-17(15)21/h2-3,5-10,13-14,19,22H,4H2,1H3,(H,23,24). The van der Waals surface area contributed by atoms with Crippen molar-refractivity contribution in [2.45, 2.75) is 18.4 Å². The van der Waals surface area contributed by atoms with Crippen molar-refractivity contribution in [3.05, 3.63) is 71.1 Å². The van der Waals surface area contributed by atoms with E-state index in [9.17, 15) is 9.18 Å². The predicted octanol–water partition coefficient (Wildman–Crippen LogP) is 4.36. The molecule has 0 bridgehead atoms. The lowest BCUT2D eigenvalue weighted by Crippen LogP contribution is -2.29. The molecule has 0 fully saturated rings. The number of carboxylic acids is 1. The van der Waals surface area contributed by atoms with Gasteiger partial charge in [-0.2, -0.15) is 0 Å². The zero-order valence-electron chi connectivity index (χ0n) is 13.7. The fraction of sp³-hybridized carbons (Fsp3) is 0.250. The first-order valence-corrected chi connectivity index (χ1v) is 8.22. The normalized spacial score (nSPS) is 23.5. The van der Waals surface area contributed by atoms with Crippen molar-refractivity contribution in [1.29, 1.82) is 0 Å². The van der Waals surface area contributed by atoms with E-state index in [1.54, 1.807) is 13.2 Å². The van der Waals surface area contributed by atoms with Crippen molar-refractivity contribution in [2.24, 2.45) is 5.92 Å². The van der Waals surface area contributed by atoms with Crippen molar-refractivity contribution < 1.29 is 19.0 Å². The largest absolute Gasteiger partial charge is 0.497 e. The number of hydrogen-bond acceptors (Lipinski definition) is 3. The van der Waals surface area contributed by atoms with E-state index in [0.29, 0.717) is 5.56 Å². The van der Waals surface area contributed by atoms with E-state index in [4.69, 9.17) is 9.84 Å². The highest BCUT2D eigenvalue weighted by Crippen LogP contribution is 2.50. The van der Waals surface area contributed by atoms with Gasteiger partial charge in [0, 0.05) is 17.2 Å². The molecular formula is C20H18FNO3. The predicted molar refractivity (Wildman–Crippen MR) is 92.7 cm³/mol. The Kier molecular flexibility index (Phi) is 3.71. The molecule has 0 radical (unpaired) electrons. The van der Waals surface area contributed by atoms with Gasteiger partial charge in [-0.1, -0.05) is 18.2 Å². The maximum Gasteiger partial charge on any atom is 0.335 e. The van der Waals surface area contributed by atoms with Gasteiger partial charge >= 0.3 is 5.97 Å². The van der Waals surface area contributed by atoms with Crippen LogP contribution in [0.3, 0.4) is 0 Å². The Morgan fingerprint density at radius 3 is 2.80 bits per heavy atom. The number of halogens is 1. The Labute approximate surface area is 144 Å². The van der Waals surface area contributed by atoms with Crippen LogP contribution in [0.25, 0.3) is 0 Å². The Morgan fingerprint density at radius 2 is 2.08 bits per heavy atom. The van der Waals surface area contributed by atoms with Crippen LogP contribution in [-0.2, 0) is 0 Å². The summed E-state index contributed by atoms with van der Waals surface area (Å²) in [5.41, 5.74) is 2.57. The summed E-state index contributed by atoms with van der Waals surface area (Å²) < 4.78 is 19.9. The number of hydrogen-bond donors (Lipinski definition) is 2. The molecule has 1 heterocycles. The summed E-state index contributed by atoms with van der Waals surface area (Å²) in [6.45, 7) is 0. The van der Waals surface area contributed by atoms with Crippen LogP contribution >= 0.6 is 0 Å². The Bertz CT molecular complexity index is 877. The van der Waals surface area contributed by atoms with E-state index >= 15 is 0 Å². The van der Waals surface area contributed by atoms with Gasteiger partial charge in [0.25, 0.3) is 0 Å². The minimum absolute atomic E-state index is 0.0386. The van der Waals surface area contributed by atoms with Gasteiger partial charge in [0.1, 0.15) is 11.6 Å². The zero-order chi connectivity index (χ0) is 17.6. The zero-order valence-corrected chi connectivity index (χ0v) is 13.7. The van der Waals surface area contributed by atoms with Crippen LogP contribution in [0, 0.1) is 11.7 Å². The number of ether oxygens (including phenoxy) is 1. The molecule has 2 aromatic rings. The van der Waals surface area contributed by atoms with Gasteiger partial charge in [-0.25, -0.2) is 9.18 Å². The SMILES string of the molecule is COc1ccc2c(c1)C1C=CCC1C(c1ccc(C(=O)O)cc1F)N2. The molecular weight excluding hydrogens is 321 g/mol. The molecule has 2 aliphatic rings. The van der Waals surface area contributed by atoms with Crippen LogP contribution in [0.5, 0.6) is 5.75 Å². The van der Waals surface area contributed by atoms with E-state index in [2.05, 4.69) is 17.5 Å². The lowest BCUT2D eigenvalue weighted by atomic mass is 9.77. The van der Waals surface area contributed by atoms with Crippen LogP contribution in [0.4, 0.5) is 10.1 Å². The lowest BCUT2D eigenvalue weighted by Gasteiger charge is -2.37. The number of fused-ring (bicyclic) bond motifs is 3. The van der Waals surface area contributed by atoms with Crippen LogP contribution in [-0.4, -0.2) is 18.2 Å². The Hall–Kier alpha value is -2.82. The molecule has 0 saturated heterocycles. The summed E-state index contributed by atoms with van der Waals surface area (Å²) in [6.07, 6.45) is 5.14. The molecule has 1 aliphatic heterocycles. The van der Waals surface area contributed by atoms with Gasteiger partial charge < -0.3 is 15.2 Å². The first kappa shape index (κ1) is 15.7. The number of carbonyl (C=O) groups is 1. The third kappa shape index (κ3) is 2.56. The highest BCUT2D eigenvalue weighted by atomic mass is 19.1. The average Bonchev–Trinajstić information content (AvgIpc) is 3.10. The summed E-state index contributed by atoms with van der Waals surface area (Å²) in [5.74, 6) is -0.436. The summed E-state index contributed by atoms with van der Waals surface area (Å²) in [5, 5.41) is 12.5. The molecule has 3 unspecified atom stereocenters. The topological polar surface area (TPSA) is 58.6 Å². The quantitative estimate of drug-likeness (QED) is 0.816. The molecule has 128 valence electrons. The molecule has 1 aliphatic carbocycles. The summed E-state index contributed by atoms with van der Waals surface area (Å²) in [7, 11) is 1.64. The summed E-state index contributed by atoms with van der Waals surface area (Å²) in [4.78, 5) is 11.0. The maximum atomic E-state index is 14.6. The van der Waals surface area contributed by atoms with E-state index in [1.807, 2.05) is 18.2 Å². The van der Waals surface area contributed by atoms with E-state index < -0.39 is 11.8 Å². The number of aromatic carboxylic acids is 1. The fourth-order valence-electron chi connectivity index (χ4n) is 3.92. The number of anilines is 1. The smallest absolute Gasteiger partial charge is 0.335 e. The third-order valence-corrected chi connectivity index (χ3v) is 5.15. The molecule has 0 amide bonds. The first-order valence-electron chi connectivity index (χ1n) is 8.22. The highest BCUT2D eigenvalue weighted by molar-refractivity contribution is 5.87. The van der Waals surface area contributed by atoms with Crippen LogP contribution in [0.1, 0.15) is 39.9 Å². The van der Waals surface area contributed by atoms with Crippen molar-refractivity contribution >= 4 is 11.7 Å². The summed E-state index contributed by atoms with van der Waals surface area (Å²) in [6, 6.07) is 9.79. The van der Waals surface area contributed by atoms with Crippen molar-refractivity contribution in [2.75, 3.05) is 12.4 Å². The molecule has 2 aromatic carbocycles. The van der Waals surface area contributed by atoms with E-state index in [-0.39, 0.29) is 23.4 Å². The van der Waals surface area contributed by atoms with E-state index in [1.165, 1.54) is 6.07 Å². The van der Waals surface area contributed by atoms with Crippen LogP contribution in [0.15, 0.2) is 48.6 Å². The number of nitrogens with one attached hydrogen (secondary N) is 1. The number of allylic oxidation sites excluding steroid dienone is 2. The molecule has 0 saturated carbocycles. The molecule has 0 spiro atoms. The van der Waals surface area contributed by atoms with Gasteiger partial charge in [-0.15, -0.1) is 0 Å². The number of rotatable bonds is 3. The number of carboxylic acid groups (broad SMARTS) is 1. The van der Waals surface area contributed by atoms with Crippen LogP contribution < -0.4 is 10.1 Å². The van der Waals surface area contributed by atoms with Crippen molar-refractivity contribution in [1.82, 2.24) is 0 Å². The molecule has 0 aromatic heterocycles. The maximum absolute atomic E-state index is 14.6. The van der Waals surface area contributed by atoms with Crippen LogP contribution in [0.2, 0.25) is 0 Å². The first-order chi connectivity index (χ1) is 12.1.